The average Bonchev–Trinajstić information content (AvgIpc) is 2.36. The molecule has 3 unspecified atom stereocenters. The molecule has 2 aliphatic carbocycles. The van der Waals surface area contributed by atoms with Gasteiger partial charge in [0.15, 0.2) is 5.78 Å². The molecule has 0 amide bonds. The number of hydrogen-bond donors (Lipinski definition) is 1. The largest absolute Gasteiger partial charge is 0.315 e. The molecule has 18 heavy (non-hydrogen) atoms. The molecule has 2 rings (SSSR count). The monoisotopic (exact) mass is 245 g/mol. The molecule has 0 spiro atoms. The smallest absolute Gasteiger partial charge is 0.162 e. The molecule has 0 bridgehead atoms. The van der Waals surface area contributed by atoms with Crippen molar-refractivity contribution >= 4 is 5.78 Å². The van der Waals surface area contributed by atoms with Crippen molar-refractivity contribution in [2.75, 3.05) is 13.1 Å². The minimum Gasteiger partial charge on any atom is -0.315 e. The maximum atomic E-state index is 12.0. The zero-order chi connectivity index (χ0) is 13.0. The summed E-state index contributed by atoms with van der Waals surface area (Å²) >= 11 is 0. The third kappa shape index (κ3) is 3.42. The summed E-state index contributed by atoms with van der Waals surface area (Å²) in [6, 6.07) is 0. The van der Waals surface area contributed by atoms with Crippen LogP contribution in [0.2, 0.25) is 0 Å². The predicted octanol–water partition coefficient (Wildman–Crippen LogP) is 2.88. The molecule has 0 aromatic carbocycles. The second kappa shape index (κ2) is 6.14. The fourth-order valence-electron chi connectivity index (χ4n) is 2.86. The predicted molar refractivity (Wildman–Crippen MR) is 75.3 cm³/mol. The van der Waals surface area contributed by atoms with Crippen LogP contribution < -0.4 is 5.32 Å². The van der Waals surface area contributed by atoms with Crippen LogP contribution in [-0.4, -0.2) is 18.9 Å². The van der Waals surface area contributed by atoms with E-state index in [0.717, 1.165) is 31.5 Å². The number of rotatable bonds is 4. The SMILES string of the molecule is CC1=CC(C)CC(CNCC2C=CC=CC2)C1=O. The maximum absolute atomic E-state index is 12.0. The van der Waals surface area contributed by atoms with Gasteiger partial charge in [-0.15, -0.1) is 0 Å². The van der Waals surface area contributed by atoms with Crippen LogP contribution in [0.1, 0.15) is 26.7 Å². The van der Waals surface area contributed by atoms with E-state index in [-0.39, 0.29) is 5.92 Å². The molecular weight excluding hydrogens is 222 g/mol. The highest BCUT2D eigenvalue weighted by Crippen LogP contribution is 2.24. The number of Topliss-reactive ketones (excluding diaryl/α,β-unsaturated/α-hetero) is 1. The molecule has 98 valence electrons. The number of carbonyl (C=O) groups is 1. The summed E-state index contributed by atoms with van der Waals surface area (Å²) in [5.74, 6) is 1.63. The molecule has 0 saturated heterocycles. The van der Waals surface area contributed by atoms with Crippen LogP contribution >= 0.6 is 0 Å². The Morgan fingerprint density at radius 1 is 1.33 bits per heavy atom. The van der Waals surface area contributed by atoms with Gasteiger partial charge in [-0.3, -0.25) is 4.79 Å². The molecule has 2 nitrogen and oxygen atoms in total. The summed E-state index contributed by atoms with van der Waals surface area (Å²) in [7, 11) is 0. The van der Waals surface area contributed by atoms with Crippen LogP contribution in [-0.2, 0) is 4.79 Å². The van der Waals surface area contributed by atoms with Crippen molar-refractivity contribution in [1.82, 2.24) is 5.32 Å². The molecule has 0 radical (unpaired) electrons. The third-order valence-electron chi connectivity index (χ3n) is 3.82. The Morgan fingerprint density at radius 3 is 2.89 bits per heavy atom. The minimum atomic E-state index is 0.174. The first kappa shape index (κ1) is 13.3. The third-order valence-corrected chi connectivity index (χ3v) is 3.82. The van der Waals surface area contributed by atoms with Crippen LogP contribution in [0.15, 0.2) is 36.0 Å². The van der Waals surface area contributed by atoms with Gasteiger partial charge in [-0.05, 0) is 37.2 Å². The maximum Gasteiger partial charge on any atom is 0.162 e. The molecule has 3 atom stereocenters. The fourth-order valence-corrected chi connectivity index (χ4v) is 2.86. The molecule has 0 fully saturated rings. The van der Waals surface area contributed by atoms with E-state index in [0.29, 0.717) is 17.6 Å². The quantitative estimate of drug-likeness (QED) is 0.825. The summed E-state index contributed by atoms with van der Waals surface area (Å²) in [5.41, 5.74) is 0.945. The summed E-state index contributed by atoms with van der Waals surface area (Å²) in [4.78, 5) is 12.0. The number of allylic oxidation sites excluding steroid dienone is 5. The second-order valence-electron chi connectivity index (χ2n) is 5.59. The van der Waals surface area contributed by atoms with E-state index in [2.05, 4.69) is 42.6 Å². The Kier molecular flexibility index (Phi) is 4.54. The van der Waals surface area contributed by atoms with Gasteiger partial charge in [-0.25, -0.2) is 0 Å². The minimum absolute atomic E-state index is 0.174. The molecular formula is C16H23NO. The Morgan fingerprint density at radius 2 is 2.17 bits per heavy atom. The van der Waals surface area contributed by atoms with Crippen molar-refractivity contribution in [3.8, 4) is 0 Å². The lowest BCUT2D eigenvalue weighted by molar-refractivity contribution is -0.120. The van der Waals surface area contributed by atoms with Crippen LogP contribution in [0.4, 0.5) is 0 Å². The summed E-state index contributed by atoms with van der Waals surface area (Å²) in [6.45, 7) is 5.93. The number of carbonyl (C=O) groups excluding carboxylic acids is 1. The van der Waals surface area contributed by atoms with Crippen LogP contribution in [0.3, 0.4) is 0 Å². The molecule has 0 aromatic heterocycles. The molecule has 0 saturated carbocycles. The van der Waals surface area contributed by atoms with Gasteiger partial charge < -0.3 is 5.32 Å². The zero-order valence-electron chi connectivity index (χ0n) is 11.4. The first-order chi connectivity index (χ1) is 8.66. The normalized spacial score (nSPS) is 31.6. The van der Waals surface area contributed by atoms with Crippen molar-refractivity contribution in [2.24, 2.45) is 17.8 Å². The highest BCUT2D eigenvalue weighted by molar-refractivity contribution is 5.97. The number of nitrogens with one attached hydrogen (secondary N) is 1. The first-order valence-corrected chi connectivity index (χ1v) is 6.93. The van der Waals surface area contributed by atoms with Gasteiger partial charge in [-0.2, -0.15) is 0 Å². The standard InChI is InChI=1S/C16H23NO/c1-12-8-13(2)16(18)15(9-12)11-17-10-14-6-4-3-5-7-14/h3-6,8,12,14-15,17H,7,9-11H2,1-2H3. The lowest BCUT2D eigenvalue weighted by Crippen LogP contribution is -2.34. The van der Waals surface area contributed by atoms with E-state index in [1.54, 1.807) is 0 Å². The van der Waals surface area contributed by atoms with Gasteiger partial charge in [0.2, 0.25) is 0 Å². The Balaban J connectivity index is 1.77. The van der Waals surface area contributed by atoms with Crippen LogP contribution in [0, 0.1) is 17.8 Å². The van der Waals surface area contributed by atoms with Gasteiger partial charge in [0.25, 0.3) is 0 Å². The molecule has 1 N–H and O–H groups in total. The molecule has 2 heteroatoms. The van der Waals surface area contributed by atoms with E-state index in [1.807, 2.05) is 6.92 Å². The van der Waals surface area contributed by atoms with Gasteiger partial charge in [0, 0.05) is 19.0 Å². The van der Waals surface area contributed by atoms with E-state index in [1.165, 1.54) is 0 Å². The Labute approximate surface area is 110 Å². The van der Waals surface area contributed by atoms with Crippen molar-refractivity contribution < 1.29 is 4.79 Å². The van der Waals surface area contributed by atoms with Crippen LogP contribution in [0.25, 0.3) is 0 Å². The molecule has 0 aliphatic heterocycles. The second-order valence-corrected chi connectivity index (χ2v) is 5.59. The van der Waals surface area contributed by atoms with Crippen molar-refractivity contribution in [3.63, 3.8) is 0 Å². The number of hydrogen-bond acceptors (Lipinski definition) is 2. The van der Waals surface area contributed by atoms with Crippen molar-refractivity contribution in [2.45, 2.75) is 26.7 Å². The Hall–Kier alpha value is -1.15. The van der Waals surface area contributed by atoms with Crippen molar-refractivity contribution in [3.05, 3.63) is 36.0 Å². The fraction of sp³-hybridized carbons (Fsp3) is 0.562. The van der Waals surface area contributed by atoms with Gasteiger partial charge in [-0.1, -0.05) is 37.3 Å². The summed E-state index contributed by atoms with van der Waals surface area (Å²) < 4.78 is 0. The molecule has 0 heterocycles. The number of ketones is 1. The highest BCUT2D eigenvalue weighted by Gasteiger charge is 2.25. The zero-order valence-corrected chi connectivity index (χ0v) is 11.4. The summed E-state index contributed by atoms with van der Waals surface area (Å²) in [5, 5.41) is 3.46. The molecule has 0 aromatic rings. The van der Waals surface area contributed by atoms with E-state index in [4.69, 9.17) is 0 Å². The van der Waals surface area contributed by atoms with Gasteiger partial charge in [0.05, 0.1) is 0 Å². The summed E-state index contributed by atoms with van der Waals surface area (Å²) in [6.07, 6.45) is 12.8. The topological polar surface area (TPSA) is 29.1 Å². The van der Waals surface area contributed by atoms with Gasteiger partial charge >= 0.3 is 0 Å². The lowest BCUT2D eigenvalue weighted by atomic mass is 9.82. The lowest BCUT2D eigenvalue weighted by Gasteiger charge is -2.25. The van der Waals surface area contributed by atoms with Crippen molar-refractivity contribution in [1.29, 1.82) is 0 Å². The van der Waals surface area contributed by atoms with E-state index in [9.17, 15) is 4.79 Å². The van der Waals surface area contributed by atoms with Crippen LogP contribution in [0.5, 0.6) is 0 Å². The Bertz CT molecular complexity index is 392. The van der Waals surface area contributed by atoms with E-state index < -0.39 is 0 Å². The van der Waals surface area contributed by atoms with E-state index >= 15 is 0 Å². The first-order valence-electron chi connectivity index (χ1n) is 6.93. The average molecular weight is 245 g/mol. The highest BCUT2D eigenvalue weighted by atomic mass is 16.1. The van der Waals surface area contributed by atoms with Gasteiger partial charge in [0.1, 0.15) is 0 Å². The molecule has 2 aliphatic rings.